The molecule has 1 aliphatic heterocycles. The fraction of sp³-hybridized carbons (Fsp3) is 0.481. The summed E-state index contributed by atoms with van der Waals surface area (Å²) in [5.74, 6) is -8.83. The number of amides is 9. The number of nitrogens with two attached hydrogens (primary N) is 1. The zero-order valence-electron chi connectivity index (χ0n) is 44.7. The number of aliphatic hydroxyl groups is 1. The Kier molecular flexibility index (Phi) is 23.8. The van der Waals surface area contributed by atoms with Crippen LogP contribution in [0, 0.1) is 23.0 Å². The molecular weight excluding hydrogens is 1020 g/mol. The lowest BCUT2D eigenvalue weighted by atomic mass is 9.82. The Balaban J connectivity index is 1.19. The minimum absolute atomic E-state index is 0.0175. The standard InChI is InChI=1S/C54H72F2N10O12/c1-32(2)48(63-44(70)30-66-45(71)17-18-46(66)72)52(76)61-33(3)50(74)59-24-20-43(69)62-40(53(77)78)14-10-11-22-58-42(68)19-23-60-51(75)39(57)21-25-65(47(73)31-67)49(54(4,5)6)41-26-35(37-27-36(55)15-16-38(37)56)29-64(41)28-34-12-8-7-9-13-34/h7-9,12-13,15-18,26-27,29,32-33,39-40,48-49,67H,10-11,14,19-25,28,30-31,57H2,1-6H3,(H,58,68)(H,59,74)(H,60,75)(H,61,76)(H,62,69)(H,63,70)(H,77,78)/t33-,39-,40-,48?,49-/m0/s1. The predicted molar refractivity (Wildman–Crippen MR) is 281 cm³/mol. The van der Waals surface area contributed by atoms with Crippen molar-refractivity contribution in [2.75, 3.05) is 39.3 Å². The molecule has 2 aromatic carbocycles. The van der Waals surface area contributed by atoms with Gasteiger partial charge in [0.2, 0.25) is 41.4 Å². The van der Waals surface area contributed by atoms with Crippen LogP contribution in [0.25, 0.3) is 11.1 Å². The molecule has 4 rings (SSSR count). The van der Waals surface area contributed by atoms with Gasteiger partial charge in [-0.15, -0.1) is 0 Å². The van der Waals surface area contributed by atoms with Gasteiger partial charge in [0.1, 0.15) is 42.9 Å². The lowest BCUT2D eigenvalue weighted by molar-refractivity contribution is -0.142. The molecule has 0 saturated heterocycles. The van der Waals surface area contributed by atoms with Crippen molar-refractivity contribution in [3.63, 3.8) is 0 Å². The lowest BCUT2D eigenvalue weighted by Crippen LogP contribution is -2.56. The molecule has 0 spiro atoms. The lowest BCUT2D eigenvalue weighted by Gasteiger charge is -2.41. The number of nitrogens with one attached hydrogen (secondary N) is 6. The minimum atomic E-state index is -1.30. The van der Waals surface area contributed by atoms with E-state index >= 15 is 4.39 Å². The number of hydrogen-bond donors (Lipinski definition) is 9. The second kappa shape index (κ2) is 29.6. The number of carbonyl (C=O) groups excluding carboxylic acids is 9. The first-order valence-corrected chi connectivity index (χ1v) is 25.6. The van der Waals surface area contributed by atoms with E-state index in [-0.39, 0.29) is 63.8 Å². The van der Waals surface area contributed by atoms with Crippen molar-refractivity contribution in [3.8, 4) is 11.1 Å². The zero-order chi connectivity index (χ0) is 57.9. The number of benzene rings is 2. The van der Waals surface area contributed by atoms with Crippen LogP contribution in [-0.4, -0.2) is 147 Å². The predicted octanol–water partition coefficient (Wildman–Crippen LogP) is 1.55. The average Bonchev–Trinajstić information content (AvgIpc) is 3.93. The van der Waals surface area contributed by atoms with Gasteiger partial charge in [-0.25, -0.2) is 13.6 Å². The molecule has 1 aromatic heterocycles. The highest BCUT2D eigenvalue weighted by Gasteiger charge is 2.38. The SMILES string of the molecule is CC(C)C(NC(=O)CN1C(=O)C=CC1=O)C(=O)N[C@@H](C)C(=O)NCCC(=O)N[C@@H](CCCCNC(=O)CCNC(=O)[C@@H](N)CCN(C(=O)CO)[C@@H](c1cc(-c2cc(F)ccc2F)cn1Cc1ccccc1)C(C)(C)C)C(=O)O. The van der Waals surface area contributed by atoms with Crippen molar-refractivity contribution in [2.24, 2.45) is 17.1 Å². The van der Waals surface area contributed by atoms with Crippen molar-refractivity contribution >= 4 is 59.1 Å². The molecule has 10 N–H and O–H groups in total. The first-order valence-electron chi connectivity index (χ1n) is 25.6. The molecule has 424 valence electrons. The number of rotatable bonds is 30. The summed E-state index contributed by atoms with van der Waals surface area (Å²) in [5, 5.41) is 35.0. The molecule has 2 heterocycles. The largest absolute Gasteiger partial charge is 0.480 e. The Morgan fingerprint density at radius 2 is 1.38 bits per heavy atom. The van der Waals surface area contributed by atoms with E-state index < -0.39 is 125 Å². The number of aromatic nitrogens is 1. The fourth-order valence-electron chi connectivity index (χ4n) is 8.56. The van der Waals surface area contributed by atoms with Crippen molar-refractivity contribution < 1.29 is 66.9 Å². The van der Waals surface area contributed by atoms with E-state index in [9.17, 15) is 62.5 Å². The summed E-state index contributed by atoms with van der Waals surface area (Å²) in [6.07, 6.45) is 3.92. The Hall–Kier alpha value is -7.86. The van der Waals surface area contributed by atoms with Crippen LogP contribution in [0.4, 0.5) is 8.78 Å². The first-order chi connectivity index (χ1) is 36.8. The van der Waals surface area contributed by atoms with Gasteiger partial charge in [0.25, 0.3) is 11.8 Å². The quantitative estimate of drug-likeness (QED) is 0.0339. The molecule has 1 aliphatic rings. The zero-order valence-corrected chi connectivity index (χ0v) is 44.7. The van der Waals surface area contributed by atoms with Crippen LogP contribution in [0.1, 0.15) is 97.4 Å². The van der Waals surface area contributed by atoms with Crippen LogP contribution in [0.3, 0.4) is 0 Å². The molecule has 0 bridgehead atoms. The fourth-order valence-corrected chi connectivity index (χ4v) is 8.56. The van der Waals surface area contributed by atoms with Gasteiger partial charge in [0.05, 0.1) is 12.1 Å². The van der Waals surface area contributed by atoms with Gasteiger partial charge in [-0.1, -0.05) is 65.0 Å². The highest BCUT2D eigenvalue weighted by molar-refractivity contribution is 6.14. The topological polar surface area (TPSA) is 321 Å². The summed E-state index contributed by atoms with van der Waals surface area (Å²) in [6.45, 7) is 8.97. The van der Waals surface area contributed by atoms with E-state index in [0.29, 0.717) is 29.1 Å². The van der Waals surface area contributed by atoms with Crippen LogP contribution in [0.2, 0.25) is 0 Å². The van der Waals surface area contributed by atoms with Gasteiger partial charge in [-0.3, -0.25) is 48.1 Å². The third kappa shape index (κ3) is 19.0. The maximum absolute atomic E-state index is 15.1. The summed E-state index contributed by atoms with van der Waals surface area (Å²) in [4.78, 5) is 128. The van der Waals surface area contributed by atoms with Crippen LogP contribution < -0.4 is 37.6 Å². The van der Waals surface area contributed by atoms with E-state index in [1.165, 1.54) is 11.8 Å². The van der Waals surface area contributed by atoms with Crippen molar-refractivity contribution in [2.45, 2.75) is 117 Å². The summed E-state index contributed by atoms with van der Waals surface area (Å²) < 4.78 is 31.4. The van der Waals surface area contributed by atoms with E-state index in [4.69, 9.17) is 5.73 Å². The highest BCUT2D eigenvalue weighted by atomic mass is 19.1. The van der Waals surface area contributed by atoms with Gasteiger partial charge in [0.15, 0.2) is 0 Å². The third-order valence-electron chi connectivity index (χ3n) is 12.6. The molecule has 9 amide bonds. The Labute approximate surface area is 451 Å². The molecule has 3 aromatic rings. The van der Waals surface area contributed by atoms with E-state index in [1.54, 1.807) is 26.1 Å². The van der Waals surface area contributed by atoms with E-state index in [2.05, 4.69) is 31.9 Å². The molecule has 0 aliphatic carbocycles. The second-order valence-corrected chi connectivity index (χ2v) is 20.3. The molecule has 22 nitrogen and oxygen atoms in total. The third-order valence-corrected chi connectivity index (χ3v) is 12.6. The molecular formula is C54H72F2N10O12. The summed E-state index contributed by atoms with van der Waals surface area (Å²) in [6, 6.07) is 8.85. The number of hydrogen-bond acceptors (Lipinski definition) is 12. The molecule has 0 saturated carbocycles. The van der Waals surface area contributed by atoms with Crippen LogP contribution in [0.5, 0.6) is 0 Å². The molecule has 5 atom stereocenters. The molecule has 1 unspecified atom stereocenters. The molecule has 78 heavy (non-hydrogen) atoms. The maximum Gasteiger partial charge on any atom is 0.326 e. The number of aliphatic carboxylic acids is 1. The van der Waals surface area contributed by atoms with Crippen LogP contribution >= 0.6 is 0 Å². The van der Waals surface area contributed by atoms with E-state index in [1.807, 2.05) is 55.7 Å². The number of aliphatic hydroxyl groups excluding tert-OH is 1. The Morgan fingerprint density at radius 3 is 2.00 bits per heavy atom. The first kappa shape index (κ1) is 62.7. The molecule has 0 radical (unpaired) electrons. The minimum Gasteiger partial charge on any atom is -0.480 e. The number of nitrogens with zero attached hydrogens (tertiary/aromatic N) is 3. The second-order valence-electron chi connectivity index (χ2n) is 20.3. The number of unbranched alkanes of at least 4 members (excludes halogenated alkanes) is 1. The summed E-state index contributed by atoms with van der Waals surface area (Å²) >= 11 is 0. The van der Waals surface area contributed by atoms with Crippen molar-refractivity contribution in [1.82, 2.24) is 46.3 Å². The Bertz CT molecular complexity index is 2660. The number of halogens is 2. The maximum atomic E-state index is 15.1. The summed E-state index contributed by atoms with van der Waals surface area (Å²) in [7, 11) is 0. The number of carbonyl (C=O) groups is 10. The van der Waals surface area contributed by atoms with Gasteiger partial charge in [-0.2, -0.15) is 0 Å². The monoisotopic (exact) mass is 1090 g/mol. The van der Waals surface area contributed by atoms with E-state index in [0.717, 1.165) is 35.9 Å². The normalized spacial score (nSPS) is 14.2. The van der Waals surface area contributed by atoms with Crippen LogP contribution in [0.15, 0.2) is 72.9 Å². The van der Waals surface area contributed by atoms with Gasteiger partial charge in [0, 0.05) is 80.7 Å². The van der Waals surface area contributed by atoms with Gasteiger partial charge in [-0.05, 0) is 73.8 Å². The smallest absolute Gasteiger partial charge is 0.326 e. The Morgan fingerprint density at radius 1 is 0.744 bits per heavy atom. The molecule has 0 fully saturated rings. The van der Waals surface area contributed by atoms with Crippen LogP contribution in [-0.2, 0) is 54.5 Å². The van der Waals surface area contributed by atoms with Gasteiger partial charge >= 0.3 is 5.97 Å². The van der Waals surface area contributed by atoms with Gasteiger partial charge < -0.3 is 57.3 Å². The highest BCUT2D eigenvalue weighted by Crippen LogP contribution is 2.41. The summed E-state index contributed by atoms with van der Waals surface area (Å²) in [5.41, 5.74) is 7.45. The number of carboxylic acid groups (broad SMARTS) is 1. The van der Waals surface area contributed by atoms with Crippen molar-refractivity contribution in [1.29, 1.82) is 0 Å². The molecule has 24 heteroatoms. The average molecular weight is 1090 g/mol. The number of carboxylic acids is 1. The number of imide groups is 1. The van der Waals surface area contributed by atoms with Crippen molar-refractivity contribution in [3.05, 3.63) is 95.8 Å².